The van der Waals surface area contributed by atoms with E-state index in [1.54, 1.807) is 0 Å². The predicted octanol–water partition coefficient (Wildman–Crippen LogP) is 3.00. The molecule has 1 aromatic rings. The molecule has 6 heteroatoms. The Morgan fingerprint density at radius 3 is 2.95 bits per heavy atom. The van der Waals surface area contributed by atoms with E-state index < -0.39 is 0 Å². The molecule has 1 atom stereocenters. The van der Waals surface area contributed by atoms with Gasteiger partial charge in [-0.2, -0.15) is 0 Å². The van der Waals surface area contributed by atoms with Crippen LogP contribution in [0.2, 0.25) is 10.0 Å². The molecule has 0 spiro atoms. The second-order valence-corrected chi connectivity index (χ2v) is 5.22. The number of halogens is 2. The average molecular weight is 304 g/mol. The van der Waals surface area contributed by atoms with Crippen molar-refractivity contribution in [2.45, 2.75) is 25.4 Å². The van der Waals surface area contributed by atoms with Crippen molar-refractivity contribution in [2.75, 3.05) is 13.2 Å². The van der Waals surface area contributed by atoms with Crippen LogP contribution in [-0.2, 0) is 4.74 Å². The molecule has 1 saturated heterocycles. The van der Waals surface area contributed by atoms with E-state index in [2.05, 4.69) is 5.32 Å². The highest BCUT2D eigenvalue weighted by Crippen LogP contribution is 2.33. The molecule has 2 rings (SSSR count). The third-order valence-electron chi connectivity index (χ3n) is 3.09. The number of phenols is 1. The standard InChI is InChI=1S/C13H15Cl2NO3/c14-10-4-3-9(12(17)11(10)15)13(18)16-6-5-8-2-1-7-19-8/h3-4,8,17H,1-2,5-7H2,(H,16,18)/t8-/m0/s1. The molecule has 2 N–H and O–H groups in total. The number of phenolic OH excluding ortho intramolecular Hbond substituents is 1. The first-order valence-corrected chi connectivity index (χ1v) is 6.92. The summed E-state index contributed by atoms with van der Waals surface area (Å²) < 4.78 is 5.46. The molecule has 0 saturated carbocycles. The summed E-state index contributed by atoms with van der Waals surface area (Å²) in [5.41, 5.74) is 0.127. The van der Waals surface area contributed by atoms with Gasteiger partial charge in [0, 0.05) is 13.2 Å². The third kappa shape index (κ3) is 3.53. The SMILES string of the molecule is O=C(NCC[C@@H]1CCCO1)c1ccc(Cl)c(Cl)c1O. The van der Waals surface area contributed by atoms with E-state index >= 15 is 0 Å². The maximum Gasteiger partial charge on any atom is 0.255 e. The summed E-state index contributed by atoms with van der Waals surface area (Å²) in [6.07, 6.45) is 3.11. The van der Waals surface area contributed by atoms with Crippen molar-refractivity contribution >= 4 is 29.1 Å². The van der Waals surface area contributed by atoms with Crippen LogP contribution in [0, 0.1) is 0 Å². The number of hydrogen-bond donors (Lipinski definition) is 2. The van der Waals surface area contributed by atoms with Crippen LogP contribution in [0.4, 0.5) is 0 Å². The number of benzene rings is 1. The van der Waals surface area contributed by atoms with Crippen molar-refractivity contribution in [3.05, 3.63) is 27.7 Å². The molecule has 0 aromatic heterocycles. The Morgan fingerprint density at radius 1 is 1.47 bits per heavy atom. The lowest BCUT2D eigenvalue weighted by molar-refractivity contribution is 0.0905. The minimum atomic E-state index is -0.367. The molecule has 1 fully saturated rings. The van der Waals surface area contributed by atoms with Gasteiger partial charge in [-0.1, -0.05) is 23.2 Å². The van der Waals surface area contributed by atoms with E-state index in [4.69, 9.17) is 27.9 Å². The van der Waals surface area contributed by atoms with Crippen molar-refractivity contribution in [1.82, 2.24) is 5.32 Å². The lowest BCUT2D eigenvalue weighted by Crippen LogP contribution is -2.27. The monoisotopic (exact) mass is 303 g/mol. The highest BCUT2D eigenvalue weighted by Gasteiger charge is 2.18. The van der Waals surface area contributed by atoms with Crippen molar-refractivity contribution < 1.29 is 14.6 Å². The van der Waals surface area contributed by atoms with Gasteiger partial charge >= 0.3 is 0 Å². The Kier molecular flexibility index (Phi) is 4.91. The summed E-state index contributed by atoms with van der Waals surface area (Å²) in [5, 5.41) is 12.7. The Hall–Kier alpha value is -0.970. The molecule has 0 unspecified atom stereocenters. The number of hydrogen-bond acceptors (Lipinski definition) is 3. The Bertz CT molecular complexity index is 473. The maximum absolute atomic E-state index is 11.9. The number of carbonyl (C=O) groups is 1. The van der Waals surface area contributed by atoms with Crippen LogP contribution in [0.3, 0.4) is 0 Å². The quantitative estimate of drug-likeness (QED) is 0.899. The third-order valence-corrected chi connectivity index (χ3v) is 3.88. The van der Waals surface area contributed by atoms with Crippen LogP contribution in [0.15, 0.2) is 12.1 Å². The van der Waals surface area contributed by atoms with Gasteiger partial charge in [0.1, 0.15) is 10.8 Å². The molecular weight excluding hydrogens is 289 g/mol. The van der Waals surface area contributed by atoms with Gasteiger partial charge in [-0.05, 0) is 31.4 Å². The van der Waals surface area contributed by atoms with Gasteiger partial charge in [0.2, 0.25) is 0 Å². The van der Waals surface area contributed by atoms with Crippen molar-refractivity contribution in [3.63, 3.8) is 0 Å². The van der Waals surface area contributed by atoms with E-state index in [1.807, 2.05) is 0 Å². The van der Waals surface area contributed by atoms with Gasteiger partial charge < -0.3 is 15.2 Å². The van der Waals surface area contributed by atoms with Gasteiger partial charge in [0.15, 0.2) is 0 Å². The molecular formula is C13H15Cl2NO3. The van der Waals surface area contributed by atoms with Gasteiger partial charge in [-0.3, -0.25) is 4.79 Å². The molecule has 19 heavy (non-hydrogen) atoms. The zero-order valence-electron chi connectivity index (χ0n) is 10.3. The summed E-state index contributed by atoms with van der Waals surface area (Å²) in [6, 6.07) is 2.93. The Morgan fingerprint density at radius 2 is 2.26 bits per heavy atom. The topological polar surface area (TPSA) is 58.6 Å². The van der Waals surface area contributed by atoms with E-state index in [9.17, 15) is 9.90 Å². The van der Waals surface area contributed by atoms with Crippen LogP contribution in [0.5, 0.6) is 5.75 Å². The molecule has 1 heterocycles. The van der Waals surface area contributed by atoms with Crippen LogP contribution in [0.1, 0.15) is 29.6 Å². The number of ether oxygens (including phenoxy) is 1. The van der Waals surface area contributed by atoms with Gasteiger partial charge in [-0.15, -0.1) is 0 Å². The summed E-state index contributed by atoms with van der Waals surface area (Å²) >= 11 is 11.5. The van der Waals surface area contributed by atoms with E-state index in [1.165, 1.54) is 12.1 Å². The summed E-state index contributed by atoms with van der Waals surface area (Å²) in [4.78, 5) is 11.9. The van der Waals surface area contributed by atoms with Crippen molar-refractivity contribution in [2.24, 2.45) is 0 Å². The molecule has 1 aromatic carbocycles. The fourth-order valence-electron chi connectivity index (χ4n) is 2.04. The first-order valence-electron chi connectivity index (χ1n) is 6.16. The Labute approximate surface area is 121 Å². The minimum absolute atomic E-state index is 0.00607. The molecule has 4 nitrogen and oxygen atoms in total. The zero-order valence-corrected chi connectivity index (χ0v) is 11.8. The zero-order chi connectivity index (χ0) is 13.8. The van der Waals surface area contributed by atoms with E-state index in [0.717, 1.165) is 25.9 Å². The fraction of sp³-hybridized carbons (Fsp3) is 0.462. The fourth-order valence-corrected chi connectivity index (χ4v) is 2.35. The van der Waals surface area contributed by atoms with Gasteiger partial charge in [0.05, 0.1) is 16.7 Å². The maximum atomic E-state index is 11.9. The number of aromatic hydroxyl groups is 1. The molecule has 1 amide bonds. The van der Waals surface area contributed by atoms with Gasteiger partial charge in [-0.25, -0.2) is 0 Å². The molecule has 1 aliphatic rings. The summed E-state index contributed by atoms with van der Waals surface area (Å²) in [5.74, 6) is -0.655. The normalized spacial score (nSPS) is 18.5. The minimum Gasteiger partial charge on any atom is -0.505 e. The highest BCUT2D eigenvalue weighted by atomic mass is 35.5. The van der Waals surface area contributed by atoms with E-state index in [0.29, 0.717) is 6.54 Å². The molecule has 0 radical (unpaired) electrons. The van der Waals surface area contributed by atoms with Crippen LogP contribution in [-0.4, -0.2) is 30.3 Å². The van der Waals surface area contributed by atoms with Crippen molar-refractivity contribution in [3.8, 4) is 5.75 Å². The van der Waals surface area contributed by atoms with E-state index in [-0.39, 0.29) is 33.4 Å². The molecule has 0 bridgehead atoms. The number of rotatable bonds is 4. The van der Waals surface area contributed by atoms with Crippen LogP contribution in [0.25, 0.3) is 0 Å². The lowest BCUT2D eigenvalue weighted by atomic mass is 10.1. The number of carbonyl (C=O) groups excluding carboxylic acids is 1. The average Bonchev–Trinajstić information content (AvgIpc) is 2.89. The molecule has 104 valence electrons. The largest absolute Gasteiger partial charge is 0.505 e. The van der Waals surface area contributed by atoms with Gasteiger partial charge in [0.25, 0.3) is 5.91 Å². The van der Waals surface area contributed by atoms with Crippen LogP contribution >= 0.6 is 23.2 Å². The molecule has 0 aliphatic carbocycles. The smallest absolute Gasteiger partial charge is 0.255 e. The number of amides is 1. The second kappa shape index (κ2) is 6.46. The first kappa shape index (κ1) is 14.4. The summed E-state index contributed by atoms with van der Waals surface area (Å²) in [6.45, 7) is 1.30. The van der Waals surface area contributed by atoms with Crippen LogP contribution < -0.4 is 5.32 Å². The lowest BCUT2D eigenvalue weighted by Gasteiger charge is -2.11. The van der Waals surface area contributed by atoms with Crippen molar-refractivity contribution in [1.29, 1.82) is 0 Å². The summed E-state index contributed by atoms with van der Waals surface area (Å²) in [7, 11) is 0. The first-order chi connectivity index (χ1) is 9.09. The molecule has 1 aliphatic heterocycles. The highest BCUT2D eigenvalue weighted by molar-refractivity contribution is 6.43. The predicted molar refractivity (Wildman–Crippen MR) is 74.1 cm³/mol. The number of nitrogens with one attached hydrogen (secondary N) is 1. The Balaban J connectivity index is 1.90. The second-order valence-electron chi connectivity index (χ2n) is 4.44.